The Kier molecular flexibility index (Phi) is 41.9. The summed E-state index contributed by atoms with van der Waals surface area (Å²) >= 11 is 0. The Morgan fingerprint density at radius 1 is 0.580 bits per heavy atom. The summed E-state index contributed by atoms with van der Waals surface area (Å²) in [4.78, 5) is 37.6. The average Bonchev–Trinajstić information content (AvgIpc) is 3.29. The van der Waals surface area contributed by atoms with Crippen LogP contribution >= 0.6 is 0 Å². The van der Waals surface area contributed by atoms with E-state index >= 15 is 0 Å². The topological polar surface area (TPSA) is 698 Å². The summed E-state index contributed by atoms with van der Waals surface area (Å²) in [7, 11) is -35.7. The van der Waals surface area contributed by atoms with E-state index in [1.54, 1.807) is 0 Å². The molecule has 4 rings (SSSR count). The Morgan fingerprint density at radius 2 is 1.01 bits per heavy atom. The van der Waals surface area contributed by atoms with Crippen molar-refractivity contribution in [3.8, 4) is 0 Å². The zero-order valence-corrected chi connectivity index (χ0v) is 63.4. The van der Waals surface area contributed by atoms with E-state index in [1.165, 1.54) is 0 Å². The summed E-state index contributed by atoms with van der Waals surface area (Å²) in [5.41, 5.74) is 0. The van der Waals surface area contributed by atoms with Crippen LogP contribution in [0.3, 0.4) is 0 Å². The molecule has 0 unspecified atom stereocenters. The van der Waals surface area contributed by atoms with E-state index in [9.17, 15) is 133 Å². The first-order valence-electron chi connectivity index (χ1n) is 21.7. The summed E-state index contributed by atoms with van der Waals surface area (Å²) < 4.78 is 275. The summed E-state index contributed by atoms with van der Waals surface area (Å²) in [6, 6.07) is -2.73. The molecular weight excluding hydrogens is 1420 g/mol. The van der Waals surface area contributed by atoms with Gasteiger partial charge in [-0.25, -0.2) is 42.0 Å². The van der Waals surface area contributed by atoms with Gasteiger partial charge in [-0.05, 0) is 19.9 Å². The molecule has 88 heavy (non-hydrogen) atoms. The Bertz CT molecular complexity index is 3010. The van der Waals surface area contributed by atoms with Gasteiger partial charge in [-0.3, -0.25) is 30.6 Å². The Morgan fingerprint density at radius 3 is 1.41 bits per heavy atom. The van der Waals surface area contributed by atoms with Crippen molar-refractivity contribution in [2.75, 3.05) is 13.2 Å². The largest absolute Gasteiger partial charge is 1.00 e. The number of carboxylic acids is 2. The predicted octanol–water partition coefficient (Wildman–Crippen LogP) is -31.8. The monoisotopic (exact) mass is 1460 g/mol. The fourth-order valence-corrected chi connectivity index (χ4v) is 10.8. The molecule has 1 amide bonds. The van der Waals surface area contributed by atoms with Crippen LogP contribution in [0.1, 0.15) is 20.8 Å². The van der Waals surface area contributed by atoms with Gasteiger partial charge in [-0.2, -0.15) is 16.8 Å². The van der Waals surface area contributed by atoms with E-state index in [1.807, 2.05) is 5.32 Å². The minimum atomic E-state index is -6.34. The van der Waals surface area contributed by atoms with Gasteiger partial charge in [-0.15, -0.1) is 0 Å². The van der Waals surface area contributed by atoms with Gasteiger partial charge in [0.2, 0.25) is 53.8 Å². The Labute approximate surface area is 631 Å². The molecule has 0 aromatic rings. The van der Waals surface area contributed by atoms with Crippen LogP contribution in [0.4, 0.5) is 0 Å². The number of aliphatic hydroxyl groups is 6. The average molecular weight is 1460 g/mol. The van der Waals surface area contributed by atoms with Crippen molar-refractivity contribution in [3.63, 3.8) is 0 Å². The number of carbonyl (C=O) groups excluding carboxylic acids is 3. The van der Waals surface area contributed by atoms with Crippen molar-refractivity contribution in [2.24, 2.45) is 0 Å². The molecule has 0 saturated carbocycles. The van der Waals surface area contributed by atoms with Crippen LogP contribution < -0.4 is 193 Å². The SMILES string of the molecule is CC(=O)N[C@H]1[C@H](O[C@@H]([C@H](O[C@@H]2O[C@@H](C)[C@@H](OS(=O)(=O)[O-])[C@@H](OS(=O)(=O)O)[C@@H]2O)[C@@H](O)CO)[C@H](O)C(=O)[O-])O[C@H](COS(=O)(=O)[O-])[C@H](OS(=O)(=O)[O-])[C@@H]1O[C@@H]1OC(C(=O)[O-])=C[C@H](O[C@@H]2O[C@@H](C)[C@@H](OS(=O)(=O)[O-])[C@@H](OS(=O)(=O)O)[C@@H]2O)[C@H]1O.[Na+].[Na+].[Na+].[Na+].[Na+].[Na+]. The first kappa shape index (κ1) is 94.8. The van der Waals surface area contributed by atoms with Crippen molar-refractivity contribution in [3.05, 3.63) is 11.8 Å². The Hall–Kier alpha value is 2.65. The number of hydrogen-bond acceptors (Lipinski definition) is 41. The second-order valence-corrected chi connectivity index (χ2v) is 23.1. The molecule has 478 valence electrons. The Balaban J connectivity index is -0.0000120. The molecule has 3 saturated heterocycles. The van der Waals surface area contributed by atoms with Gasteiger partial charge in [-0.1, -0.05) is 0 Å². The predicted molar refractivity (Wildman–Crippen MR) is 227 cm³/mol. The second kappa shape index (κ2) is 38.9. The summed E-state index contributed by atoms with van der Waals surface area (Å²) in [5.74, 6) is -8.15. The first-order valence-corrected chi connectivity index (χ1v) is 29.8. The second-order valence-electron chi connectivity index (χ2n) is 17.0. The number of ether oxygens (including phenoxy) is 8. The van der Waals surface area contributed by atoms with E-state index in [0.29, 0.717) is 6.92 Å². The molecule has 0 aliphatic carbocycles. The molecule has 56 heteroatoms. The number of hydrogen-bond donors (Lipinski definition) is 9. The number of aliphatic carboxylic acids is 2. The minimum absolute atomic E-state index is 0. The van der Waals surface area contributed by atoms with Crippen LogP contribution in [0.15, 0.2) is 11.8 Å². The maximum absolute atomic E-state index is 12.9. The van der Waals surface area contributed by atoms with Crippen molar-refractivity contribution in [2.45, 2.75) is 156 Å². The number of amides is 1. The van der Waals surface area contributed by atoms with E-state index in [-0.39, 0.29) is 183 Å². The fourth-order valence-electron chi connectivity index (χ4n) is 7.90. The zero-order valence-electron chi connectivity index (χ0n) is 46.5. The molecule has 0 bridgehead atoms. The smallest absolute Gasteiger partial charge is 0.726 e. The molecular formula is C32H45NNa6O43S6. The quantitative estimate of drug-likeness (QED) is 0.0200. The van der Waals surface area contributed by atoms with Crippen LogP contribution in [0.25, 0.3) is 0 Å². The van der Waals surface area contributed by atoms with Crippen molar-refractivity contribution in [1.82, 2.24) is 5.32 Å². The maximum atomic E-state index is 12.9. The van der Waals surface area contributed by atoms with Crippen LogP contribution in [-0.2, 0) is 140 Å². The van der Waals surface area contributed by atoms with E-state index in [2.05, 4.69) is 25.1 Å². The van der Waals surface area contributed by atoms with E-state index in [4.69, 9.17) is 37.9 Å². The molecule has 0 aromatic heterocycles. The van der Waals surface area contributed by atoms with Crippen LogP contribution in [0.2, 0.25) is 0 Å². The standard InChI is InChI=1S/C32H51NO43S6.6Na/c1-7-19(72-78(48,49)50)25(75-81(57,58)59)17(39)31(64-7)66-11-4-12(27(41)42)67-30(15(11)37)70-23-14(33-9(3)35)29(68-13(6-63-77(45,46)47)22(23)74-80(54,55)56)71-24(16(38)28(43)44)21(10(36)5-34)69-32-18(40)26(76-82(60,61)62)20(8(2)65-32)73-79(51,52)53;;;;;;/h4,7-8,10-11,13-26,29-32,34,36-40H,5-6H2,1-3H3,(H,33,35)(H,41,42)(H,43,44)(H,45,46,47)(H,48,49,50)(H,51,52,53)(H,54,55,56)(H,57,58,59)(H,60,61,62);;;;;;/q;6*+1/p-6/t7-,8-,10-,11-,13+,14+,15+,16-,17-,18-,19+,20+,21+,22-,23+,24+,25-,26-,29-,30-,31-,32-;;;;;;/m0....../s1. The number of nitrogens with one attached hydrogen (secondary N) is 1. The van der Waals surface area contributed by atoms with Gasteiger partial charge in [0, 0.05) is 6.92 Å². The van der Waals surface area contributed by atoms with Gasteiger partial charge in [0.05, 0.1) is 31.4 Å². The molecule has 0 spiro atoms. The molecule has 3 fully saturated rings. The summed E-state index contributed by atoms with van der Waals surface area (Å²) in [6.45, 7) is -1.55. The summed E-state index contributed by atoms with van der Waals surface area (Å²) in [5, 5.41) is 92.5. The third-order valence-corrected chi connectivity index (χ3v) is 13.8. The van der Waals surface area contributed by atoms with E-state index in [0.717, 1.165) is 13.8 Å². The van der Waals surface area contributed by atoms with Crippen LogP contribution in [-0.4, -0.2) is 274 Å². The third kappa shape index (κ3) is 29.6. The van der Waals surface area contributed by atoms with Gasteiger partial charge in [0.15, 0.2) is 18.9 Å². The van der Waals surface area contributed by atoms with Crippen molar-refractivity contribution in [1.29, 1.82) is 0 Å². The number of aliphatic hydroxyl groups excluding tert-OH is 6. The normalized spacial score (nSPS) is 32.6. The van der Waals surface area contributed by atoms with E-state index < -0.39 is 234 Å². The van der Waals surface area contributed by atoms with Crippen molar-refractivity contribution < 1.29 is 373 Å². The van der Waals surface area contributed by atoms with Crippen LogP contribution in [0.5, 0.6) is 0 Å². The zero-order chi connectivity index (χ0) is 62.7. The molecule has 22 atom stereocenters. The van der Waals surface area contributed by atoms with Gasteiger partial charge < -0.3 is 112 Å². The van der Waals surface area contributed by atoms with Gasteiger partial charge >= 0.3 is 198 Å². The van der Waals surface area contributed by atoms with Crippen LogP contribution in [0, 0.1) is 0 Å². The molecule has 0 aromatic carbocycles. The number of carbonyl (C=O) groups is 3. The third-order valence-electron chi connectivity index (χ3n) is 11.0. The first-order chi connectivity index (χ1) is 37.2. The summed E-state index contributed by atoms with van der Waals surface area (Å²) in [6.07, 6.45) is -57.8. The molecule has 0 radical (unpaired) electrons. The molecule has 4 heterocycles. The molecule has 4 aliphatic heterocycles. The molecule has 9 N–H and O–H groups in total. The van der Waals surface area contributed by atoms with Crippen molar-refractivity contribution >= 4 is 80.2 Å². The molecule has 44 nitrogen and oxygen atoms in total. The van der Waals surface area contributed by atoms with Gasteiger partial charge in [0.25, 0.3) is 0 Å². The number of carboxylic acid groups (broad SMARTS) is 2. The minimum Gasteiger partial charge on any atom is -0.726 e. The number of rotatable bonds is 28. The molecule has 4 aliphatic rings. The van der Waals surface area contributed by atoms with Gasteiger partial charge in [0.1, 0.15) is 109 Å². The maximum Gasteiger partial charge on any atom is 1.00 e. The fraction of sp³-hybridized carbons (Fsp3) is 0.844.